The zero-order valence-electron chi connectivity index (χ0n) is 13.3. The molecule has 7 heteroatoms. The maximum Gasteiger partial charge on any atom is 0.326 e. The number of aromatic nitrogens is 1. The van der Waals surface area contributed by atoms with Crippen LogP contribution in [0, 0.1) is 0 Å². The predicted octanol–water partition coefficient (Wildman–Crippen LogP) is 0.936. The molecule has 1 saturated heterocycles. The molecule has 2 rings (SSSR count). The Morgan fingerprint density at radius 1 is 1.43 bits per heavy atom. The Kier molecular flexibility index (Phi) is 5.79. The van der Waals surface area contributed by atoms with Crippen LogP contribution in [0.3, 0.4) is 0 Å². The fourth-order valence-corrected chi connectivity index (χ4v) is 3.14. The molecule has 0 bridgehead atoms. The monoisotopic (exact) mass is 324 g/mol. The first kappa shape index (κ1) is 17.5. The van der Waals surface area contributed by atoms with Crippen LogP contribution < -0.4 is 5.43 Å². The van der Waals surface area contributed by atoms with Crippen molar-refractivity contribution in [2.24, 2.45) is 0 Å². The van der Waals surface area contributed by atoms with Gasteiger partial charge in [0, 0.05) is 31.0 Å². The molecule has 128 valence electrons. The highest BCUT2D eigenvalue weighted by Crippen LogP contribution is 2.23. The summed E-state index contributed by atoms with van der Waals surface area (Å²) in [5, 5.41) is 28.1. The summed E-state index contributed by atoms with van der Waals surface area (Å²) >= 11 is 0. The number of carboxylic acids is 1. The van der Waals surface area contributed by atoms with Gasteiger partial charge in [-0.3, -0.25) is 9.69 Å². The second kappa shape index (κ2) is 7.61. The second-order valence-electron chi connectivity index (χ2n) is 6.07. The van der Waals surface area contributed by atoms with Crippen LogP contribution >= 0.6 is 0 Å². The lowest BCUT2D eigenvalue weighted by Gasteiger charge is -2.36. The number of carbonyl (C=O) groups is 1. The Hall–Kier alpha value is -1.86. The summed E-state index contributed by atoms with van der Waals surface area (Å²) in [5.41, 5.74) is 0.0529. The highest BCUT2D eigenvalue weighted by Gasteiger charge is 2.24. The molecule has 0 amide bonds. The zero-order chi connectivity index (χ0) is 17.0. The number of rotatable bonds is 6. The van der Waals surface area contributed by atoms with Crippen LogP contribution in [0.5, 0.6) is 5.75 Å². The molecule has 1 aliphatic heterocycles. The molecule has 1 aromatic rings. The molecule has 2 heterocycles. The Labute approximate surface area is 134 Å². The Morgan fingerprint density at radius 3 is 2.83 bits per heavy atom. The summed E-state index contributed by atoms with van der Waals surface area (Å²) in [5.74, 6) is -1.48. The van der Waals surface area contributed by atoms with Crippen molar-refractivity contribution in [2.75, 3.05) is 13.2 Å². The fraction of sp³-hybridized carbons (Fsp3) is 0.625. The van der Waals surface area contributed by atoms with E-state index in [9.17, 15) is 24.9 Å². The van der Waals surface area contributed by atoms with Gasteiger partial charge in [-0.15, -0.1) is 0 Å². The normalized spacial score (nSPS) is 20.3. The van der Waals surface area contributed by atoms with Crippen LogP contribution in [0.4, 0.5) is 0 Å². The van der Waals surface area contributed by atoms with E-state index in [1.807, 2.05) is 0 Å². The number of likely N-dealkylation sites (tertiary alicyclic amines) is 1. The van der Waals surface area contributed by atoms with Crippen molar-refractivity contribution >= 4 is 5.97 Å². The van der Waals surface area contributed by atoms with E-state index in [2.05, 4.69) is 4.90 Å². The molecule has 0 aromatic carbocycles. The van der Waals surface area contributed by atoms with E-state index < -0.39 is 23.2 Å². The van der Waals surface area contributed by atoms with E-state index in [1.54, 1.807) is 0 Å². The topological polar surface area (TPSA) is 103 Å². The quantitative estimate of drug-likeness (QED) is 0.719. The van der Waals surface area contributed by atoms with Gasteiger partial charge in [-0.05, 0) is 32.7 Å². The summed E-state index contributed by atoms with van der Waals surface area (Å²) in [6.45, 7) is 2.89. The molecule has 3 N–H and O–H groups in total. The van der Waals surface area contributed by atoms with Crippen LogP contribution in [0.1, 0.15) is 44.3 Å². The number of piperidine rings is 1. The molecule has 0 radical (unpaired) electrons. The second-order valence-corrected chi connectivity index (χ2v) is 6.07. The average molecular weight is 324 g/mol. The summed E-state index contributed by atoms with van der Waals surface area (Å²) in [6.07, 6.45) is 4.99. The van der Waals surface area contributed by atoms with E-state index >= 15 is 0 Å². The van der Waals surface area contributed by atoms with Gasteiger partial charge >= 0.3 is 5.97 Å². The summed E-state index contributed by atoms with van der Waals surface area (Å²) in [6, 6.07) is 0.656. The van der Waals surface area contributed by atoms with Gasteiger partial charge in [0.25, 0.3) is 0 Å². The fourth-order valence-electron chi connectivity index (χ4n) is 3.14. The van der Waals surface area contributed by atoms with Crippen LogP contribution in [0.15, 0.2) is 17.1 Å². The lowest BCUT2D eigenvalue weighted by Crippen LogP contribution is -2.40. The maximum absolute atomic E-state index is 11.8. The number of hydrogen-bond donors (Lipinski definition) is 3. The minimum Gasteiger partial charge on any atom is -0.503 e. The third kappa shape index (κ3) is 4.11. The molecule has 2 unspecified atom stereocenters. The average Bonchev–Trinajstić information content (AvgIpc) is 2.52. The third-order valence-corrected chi connectivity index (χ3v) is 4.49. The SMILES string of the molecule is CC(C(=O)O)n1cc(O)c(=O)cc1CN1CCCCC1CCO. The first-order chi connectivity index (χ1) is 10.9. The summed E-state index contributed by atoms with van der Waals surface area (Å²) in [4.78, 5) is 25.2. The maximum atomic E-state index is 11.8. The number of pyridine rings is 1. The summed E-state index contributed by atoms with van der Waals surface area (Å²) in [7, 11) is 0. The molecule has 1 aromatic heterocycles. The largest absolute Gasteiger partial charge is 0.503 e. The van der Waals surface area contributed by atoms with Crippen LogP contribution in [0.25, 0.3) is 0 Å². The summed E-state index contributed by atoms with van der Waals surface area (Å²) < 4.78 is 1.43. The van der Waals surface area contributed by atoms with Gasteiger partial charge in [0.1, 0.15) is 6.04 Å². The van der Waals surface area contributed by atoms with Gasteiger partial charge in [0.05, 0.1) is 6.20 Å². The lowest BCUT2D eigenvalue weighted by molar-refractivity contribution is -0.140. The highest BCUT2D eigenvalue weighted by molar-refractivity contribution is 5.71. The molecule has 0 aliphatic carbocycles. The third-order valence-electron chi connectivity index (χ3n) is 4.49. The minimum absolute atomic E-state index is 0.106. The molecule has 1 aliphatic rings. The van der Waals surface area contributed by atoms with Gasteiger partial charge in [0.2, 0.25) is 5.43 Å². The standard InChI is InChI=1S/C16H24N2O5/c1-11(16(22)23)18-10-15(21)14(20)8-13(18)9-17-6-3-2-4-12(17)5-7-19/h8,10-12,19,21H,2-7,9H2,1H3,(H,22,23). The molecule has 2 atom stereocenters. The molecule has 23 heavy (non-hydrogen) atoms. The van der Waals surface area contributed by atoms with Crippen molar-refractivity contribution in [3.05, 3.63) is 28.2 Å². The van der Waals surface area contributed by atoms with E-state index in [1.165, 1.54) is 23.8 Å². The van der Waals surface area contributed by atoms with Crippen molar-refractivity contribution in [3.63, 3.8) is 0 Å². The number of aliphatic hydroxyl groups is 1. The minimum atomic E-state index is -1.03. The van der Waals surface area contributed by atoms with Crippen molar-refractivity contribution in [1.29, 1.82) is 0 Å². The number of hydrogen-bond acceptors (Lipinski definition) is 5. The van der Waals surface area contributed by atoms with Crippen molar-refractivity contribution in [3.8, 4) is 5.75 Å². The molecular weight excluding hydrogens is 300 g/mol. The van der Waals surface area contributed by atoms with Crippen LogP contribution in [0.2, 0.25) is 0 Å². The van der Waals surface area contributed by atoms with Gasteiger partial charge in [-0.2, -0.15) is 0 Å². The lowest BCUT2D eigenvalue weighted by atomic mass is 9.99. The number of aliphatic hydroxyl groups excluding tert-OH is 1. The van der Waals surface area contributed by atoms with Gasteiger partial charge < -0.3 is 19.9 Å². The number of aromatic hydroxyl groups is 1. The Balaban J connectivity index is 2.31. The van der Waals surface area contributed by atoms with E-state index in [0.717, 1.165) is 25.8 Å². The first-order valence-corrected chi connectivity index (χ1v) is 7.95. The Morgan fingerprint density at radius 2 is 2.17 bits per heavy atom. The van der Waals surface area contributed by atoms with Crippen LogP contribution in [-0.2, 0) is 11.3 Å². The van der Waals surface area contributed by atoms with Crippen LogP contribution in [-0.4, -0.2) is 49.9 Å². The van der Waals surface area contributed by atoms with E-state index in [-0.39, 0.29) is 12.6 Å². The van der Waals surface area contributed by atoms with Crippen molar-refractivity contribution in [1.82, 2.24) is 9.47 Å². The Bertz CT molecular complexity index is 611. The van der Waals surface area contributed by atoms with Crippen molar-refractivity contribution < 1.29 is 20.1 Å². The first-order valence-electron chi connectivity index (χ1n) is 7.95. The number of carboxylic acid groups (broad SMARTS) is 1. The van der Waals surface area contributed by atoms with Gasteiger partial charge in [-0.25, -0.2) is 4.79 Å². The molecule has 0 spiro atoms. The van der Waals surface area contributed by atoms with Crippen molar-refractivity contribution in [2.45, 2.75) is 51.2 Å². The zero-order valence-corrected chi connectivity index (χ0v) is 13.3. The van der Waals surface area contributed by atoms with E-state index in [4.69, 9.17) is 0 Å². The molecule has 7 nitrogen and oxygen atoms in total. The molecule has 0 saturated carbocycles. The number of nitrogens with zero attached hydrogens (tertiary/aromatic N) is 2. The van der Waals surface area contributed by atoms with Gasteiger partial charge in [-0.1, -0.05) is 6.42 Å². The smallest absolute Gasteiger partial charge is 0.326 e. The van der Waals surface area contributed by atoms with Gasteiger partial charge in [0.15, 0.2) is 5.75 Å². The number of aliphatic carboxylic acids is 1. The molecule has 1 fully saturated rings. The predicted molar refractivity (Wildman–Crippen MR) is 84.5 cm³/mol. The van der Waals surface area contributed by atoms with E-state index in [0.29, 0.717) is 18.7 Å². The highest BCUT2D eigenvalue weighted by atomic mass is 16.4. The molecular formula is C16H24N2O5.